The number of aromatic nitrogens is 2. The molecule has 1 saturated carbocycles. The van der Waals surface area contributed by atoms with Gasteiger partial charge in [0.25, 0.3) is 12.0 Å². The number of carbonyl (C=O) groups is 1. The highest BCUT2D eigenvalue weighted by Gasteiger charge is 2.46. The highest BCUT2D eigenvalue weighted by molar-refractivity contribution is 5.68. The molecule has 1 aromatic rings. The summed E-state index contributed by atoms with van der Waals surface area (Å²) in [5.41, 5.74) is -1.54. The number of hydrogen-bond donors (Lipinski definition) is 0. The molecule has 1 atom stereocenters. The number of alkyl halides is 2. The van der Waals surface area contributed by atoms with E-state index < -0.39 is 23.3 Å². The lowest BCUT2D eigenvalue weighted by atomic mass is 9.69. The van der Waals surface area contributed by atoms with Crippen LogP contribution in [0.1, 0.15) is 65.0 Å². The van der Waals surface area contributed by atoms with Gasteiger partial charge in [0.15, 0.2) is 0 Å². The maximum absolute atomic E-state index is 12.8. The lowest BCUT2D eigenvalue weighted by Crippen LogP contribution is -2.52. The summed E-state index contributed by atoms with van der Waals surface area (Å²) in [6, 6.07) is 0.918. The monoisotopic (exact) mass is 397 g/mol. The van der Waals surface area contributed by atoms with E-state index in [-0.39, 0.29) is 17.4 Å². The zero-order chi connectivity index (χ0) is 20.5. The molecule has 0 N–H and O–H groups in total. The van der Waals surface area contributed by atoms with Crippen molar-refractivity contribution in [1.29, 1.82) is 0 Å². The summed E-state index contributed by atoms with van der Waals surface area (Å²) in [5.74, 6) is 0.200. The Kier molecular flexibility index (Phi) is 5.77. The van der Waals surface area contributed by atoms with Crippen molar-refractivity contribution in [3.63, 3.8) is 0 Å². The molecule has 2 fully saturated rings. The number of carbonyl (C=O) groups excluding carboxylic acids is 1. The molecule has 0 bridgehead atoms. The van der Waals surface area contributed by atoms with Crippen molar-refractivity contribution in [3.8, 4) is 0 Å². The third-order valence-corrected chi connectivity index (χ3v) is 5.91. The fourth-order valence-electron chi connectivity index (χ4n) is 4.55. The molecule has 156 valence electrons. The summed E-state index contributed by atoms with van der Waals surface area (Å²) in [4.78, 5) is 30.3. The van der Waals surface area contributed by atoms with Gasteiger partial charge in [0, 0.05) is 25.7 Å². The average Bonchev–Trinajstić information content (AvgIpc) is 3.05. The van der Waals surface area contributed by atoms with E-state index in [1.54, 1.807) is 4.90 Å². The highest BCUT2D eigenvalue weighted by Crippen LogP contribution is 2.49. The van der Waals surface area contributed by atoms with E-state index in [0.29, 0.717) is 19.6 Å². The number of ether oxygens (including phenoxy) is 1. The number of hydrogen-bond acceptors (Lipinski definition) is 4. The van der Waals surface area contributed by atoms with Gasteiger partial charge in [0.2, 0.25) is 0 Å². The van der Waals surface area contributed by atoms with Crippen molar-refractivity contribution in [1.82, 2.24) is 14.5 Å². The van der Waals surface area contributed by atoms with Gasteiger partial charge in [-0.1, -0.05) is 12.8 Å². The van der Waals surface area contributed by atoms with E-state index in [9.17, 15) is 18.4 Å². The van der Waals surface area contributed by atoms with Crippen LogP contribution >= 0.6 is 0 Å². The maximum Gasteiger partial charge on any atom is 0.410 e. The first-order valence-electron chi connectivity index (χ1n) is 9.92. The Bertz CT molecular complexity index is 767. The SMILES string of the molecule is CC(C)(C)OC(=O)N1CC[C@@H](Cn2cnc(C(F)F)cc2=O)C2(CCCC2)C1. The zero-order valence-corrected chi connectivity index (χ0v) is 16.8. The first-order valence-corrected chi connectivity index (χ1v) is 9.92. The van der Waals surface area contributed by atoms with Gasteiger partial charge in [-0.3, -0.25) is 9.36 Å². The Morgan fingerprint density at radius 2 is 2.04 bits per heavy atom. The molecule has 1 aliphatic heterocycles. The topological polar surface area (TPSA) is 64.4 Å². The van der Waals surface area contributed by atoms with Crippen molar-refractivity contribution in [2.75, 3.05) is 13.1 Å². The molecule has 2 heterocycles. The van der Waals surface area contributed by atoms with E-state index in [2.05, 4.69) is 4.98 Å². The third-order valence-electron chi connectivity index (χ3n) is 5.91. The molecule has 3 rings (SSSR count). The minimum atomic E-state index is -2.75. The first-order chi connectivity index (χ1) is 13.1. The second kappa shape index (κ2) is 7.79. The van der Waals surface area contributed by atoms with E-state index >= 15 is 0 Å². The molecule has 0 unspecified atom stereocenters. The van der Waals surface area contributed by atoms with Crippen molar-refractivity contribution < 1.29 is 18.3 Å². The van der Waals surface area contributed by atoms with E-state index in [1.165, 1.54) is 10.9 Å². The summed E-state index contributed by atoms with van der Waals surface area (Å²) in [5, 5.41) is 0. The fourth-order valence-corrected chi connectivity index (χ4v) is 4.55. The minimum absolute atomic E-state index is 0.0595. The lowest BCUT2D eigenvalue weighted by Gasteiger charge is -2.46. The van der Waals surface area contributed by atoms with Crippen LogP contribution in [0.15, 0.2) is 17.2 Å². The fraction of sp³-hybridized carbons (Fsp3) is 0.750. The largest absolute Gasteiger partial charge is 0.444 e. The van der Waals surface area contributed by atoms with E-state index in [4.69, 9.17) is 4.74 Å². The van der Waals surface area contributed by atoms with Crippen LogP contribution in [0, 0.1) is 11.3 Å². The normalized spacial score (nSPS) is 22.1. The molecule has 0 radical (unpaired) electrons. The third kappa shape index (κ3) is 4.52. The Labute approximate surface area is 163 Å². The van der Waals surface area contributed by atoms with Crippen LogP contribution in [0.2, 0.25) is 0 Å². The summed E-state index contributed by atoms with van der Waals surface area (Å²) in [7, 11) is 0. The molecule has 1 aromatic heterocycles. The Balaban J connectivity index is 1.76. The molecular weight excluding hydrogens is 368 g/mol. The van der Waals surface area contributed by atoms with E-state index in [0.717, 1.165) is 38.2 Å². The molecule has 1 aliphatic carbocycles. The standard InChI is InChI=1S/C20H29F2N3O3/c1-19(2,3)28-18(27)24-9-6-14(20(12-24)7-4-5-8-20)11-25-13-23-15(17(21)22)10-16(25)26/h10,13-14,17H,4-9,11-12H2,1-3H3/t14-/m0/s1. The van der Waals surface area contributed by atoms with Gasteiger partial charge in [-0.2, -0.15) is 0 Å². The van der Waals surface area contributed by atoms with Crippen molar-refractivity contribution in [2.45, 2.75) is 71.4 Å². The quantitative estimate of drug-likeness (QED) is 0.773. The van der Waals surface area contributed by atoms with Crippen LogP contribution in [-0.4, -0.2) is 39.2 Å². The molecule has 28 heavy (non-hydrogen) atoms. The Hall–Kier alpha value is -1.99. The Morgan fingerprint density at radius 3 is 2.61 bits per heavy atom. The number of rotatable bonds is 3. The zero-order valence-electron chi connectivity index (χ0n) is 16.8. The second-order valence-electron chi connectivity index (χ2n) is 9.06. The van der Waals surface area contributed by atoms with Gasteiger partial charge in [-0.25, -0.2) is 18.6 Å². The smallest absolute Gasteiger partial charge is 0.410 e. The Morgan fingerprint density at radius 1 is 1.36 bits per heavy atom. The van der Waals surface area contributed by atoms with Gasteiger partial charge in [0.05, 0.1) is 6.33 Å². The number of amides is 1. The van der Waals surface area contributed by atoms with Crippen LogP contribution in [0.25, 0.3) is 0 Å². The molecular formula is C20H29F2N3O3. The minimum Gasteiger partial charge on any atom is -0.444 e. The van der Waals surface area contributed by atoms with Gasteiger partial charge < -0.3 is 9.64 Å². The molecule has 1 spiro atoms. The first kappa shape index (κ1) is 20.7. The van der Waals surface area contributed by atoms with Crippen molar-refractivity contribution >= 4 is 6.09 Å². The van der Waals surface area contributed by atoms with Crippen molar-refractivity contribution in [2.24, 2.45) is 11.3 Å². The summed E-state index contributed by atoms with van der Waals surface area (Å²) in [6.45, 7) is 7.18. The van der Waals surface area contributed by atoms with Crippen LogP contribution in [0.4, 0.5) is 13.6 Å². The number of nitrogens with zero attached hydrogens (tertiary/aromatic N) is 3. The van der Waals surface area contributed by atoms with Gasteiger partial charge >= 0.3 is 6.09 Å². The predicted octanol–water partition coefficient (Wildman–Crippen LogP) is 4.00. The molecule has 2 aliphatic rings. The summed E-state index contributed by atoms with van der Waals surface area (Å²) >= 11 is 0. The van der Waals surface area contributed by atoms with Gasteiger partial charge in [0.1, 0.15) is 11.3 Å². The van der Waals surface area contributed by atoms with Crippen LogP contribution < -0.4 is 5.56 Å². The highest BCUT2D eigenvalue weighted by atomic mass is 19.3. The average molecular weight is 397 g/mol. The maximum atomic E-state index is 12.8. The predicted molar refractivity (Wildman–Crippen MR) is 100 cm³/mol. The molecule has 1 amide bonds. The number of likely N-dealkylation sites (tertiary alicyclic amines) is 1. The van der Waals surface area contributed by atoms with E-state index in [1.807, 2.05) is 20.8 Å². The van der Waals surface area contributed by atoms with Crippen molar-refractivity contribution in [3.05, 3.63) is 28.4 Å². The number of piperidine rings is 1. The van der Waals surface area contributed by atoms with Gasteiger partial charge in [-0.05, 0) is 51.4 Å². The molecule has 0 aromatic carbocycles. The molecule has 1 saturated heterocycles. The van der Waals surface area contributed by atoms with Gasteiger partial charge in [-0.15, -0.1) is 0 Å². The van der Waals surface area contributed by atoms with Crippen LogP contribution in [0.3, 0.4) is 0 Å². The number of halogens is 2. The molecule has 6 nitrogen and oxygen atoms in total. The second-order valence-corrected chi connectivity index (χ2v) is 9.06. The summed E-state index contributed by atoms with van der Waals surface area (Å²) in [6.07, 6.45) is 3.11. The van der Waals surface area contributed by atoms with Crippen LogP contribution in [0.5, 0.6) is 0 Å². The molecule has 8 heteroatoms. The van der Waals surface area contributed by atoms with Crippen LogP contribution in [-0.2, 0) is 11.3 Å². The lowest BCUT2D eigenvalue weighted by molar-refractivity contribution is -0.0157. The summed E-state index contributed by atoms with van der Waals surface area (Å²) < 4.78 is 32.5.